The van der Waals surface area contributed by atoms with Gasteiger partial charge in [-0.25, -0.2) is 4.79 Å². The quantitative estimate of drug-likeness (QED) is 0.410. The van der Waals surface area contributed by atoms with E-state index in [1.165, 1.54) is 7.11 Å². The summed E-state index contributed by atoms with van der Waals surface area (Å²) in [5.41, 5.74) is 0.819. The van der Waals surface area contributed by atoms with Gasteiger partial charge in [-0.05, 0) is 62.1 Å². The van der Waals surface area contributed by atoms with E-state index < -0.39 is 29.9 Å². The number of methoxy groups -OCH3 is 1. The molecule has 4 N–H and O–H groups in total. The number of likely N-dealkylation sites (tertiary alicyclic amines) is 1. The Kier molecular flexibility index (Phi) is 7.75. The molecule has 3 heterocycles. The highest BCUT2D eigenvalue weighted by atomic mass is 35.5. The Morgan fingerprint density at radius 3 is 2.69 bits per heavy atom. The monoisotopic (exact) mass is 558 g/mol. The molecule has 1 saturated carbocycles. The first-order valence-corrected chi connectivity index (χ1v) is 14.1. The Balaban J connectivity index is 1.40. The van der Waals surface area contributed by atoms with E-state index in [1.54, 1.807) is 23.1 Å². The number of aromatic nitrogens is 1. The maximum Gasteiger partial charge on any atom is 0.326 e. The van der Waals surface area contributed by atoms with Crippen LogP contribution in [0.25, 0.3) is 10.9 Å². The maximum atomic E-state index is 13.9. The molecule has 39 heavy (non-hydrogen) atoms. The lowest BCUT2D eigenvalue weighted by molar-refractivity contribution is -0.143. The molecule has 2 saturated heterocycles. The van der Waals surface area contributed by atoms with Gasteiger partial charge >= 0.3 is 5.97 Å². The summed E-state index contributed by atoms with van der Waals surface area (Å²) in [5, 5.41) is 16.4. The number of fused-ring (bicyclic) bond motifs is 1. The van der Waals surface area contributed by atoms with Crippen LogP contribution in [0.4, 0.5) is 0 Å². The van der Waals surface area contributed by atoms with E-state index in [0.29, 0.717) is 53.3 Å². The molecule has 0 radical (unpaired) electrons. The van der Waals surface area contributed by atoms with Gasteiger partial charge in [0.25, 0.3) is 5.91 Å². The molecular weight excluding hydrogens is 524 g/mol. The largest absolute Gasteiger partial charge is 0.494 e. The SMILES string of the molecule is COc1c(Cl)ccc2[nH]c(C(=O)N3CC4(CCCCC4)CC3C(=O)N[C@@H](C[C@@H]3CCCNC3=O)C(=O)O)cc12. The van der Waals surface area contributed by atoms with Crippen LogP contribution >= 0.6 is 11.6 Å². The van der Waals surface area contributed by atoms with E-state index in [9.17, 15) is 24.3 Å². The zero-order valence-corrected chi connectivity index (χ0v) is 22.8. The molecule has 1 spiro atoms. The summed E-state index contributed by atoms with van der Waals surface area (Å²) in [6.07, 6.45) is 6.88. The lowest BCUT2D eigenvalue weighted by Gasteiger charge is -2.32. The first-order chi connectivity index (χ1) is 18.7. The number of carbonyl (C=O) groups is 4. The Hall–Kier alpha value is -3.27. The number of amides is 3. The van der Waals surface area contributed by atoms with Gasteiger partial charge in [-0.2, -0.15) is 0 Å². The third kappa shape index (κ3) is 5.44. The van der Waals surface area contributed by atoms with Gasteiger partial charge in [-0.1, -0.05) is 30.9 Å². The summed E-state index contributed by atoms with van der Waals surface area (Å²) in [6.45, 7) is 1.01. The number of hydrogen-bond donors (Lipinski definition) is 4. The molecule has 1 aromatic carbocycles. The van der Waals surface area contributed by atoms with Crippen molar-refractivity contribution in [3.63, 3.8) is 0 Å². The van der Waals surface area contributed by atoms with E-state index in [1.807, 2.05) is 0 Å². The van der Waals surface area contributed by atoms with E-state index in [4.69, 9.17) is 16.3 Å². The zero-order valence-electron chi connectivity index (χ0n) is 22.1. The van der Waals surface area contributed by atoms with Gasteiger partial charge < -0.3 is 30.4 Å². The van der Waals surface area contributed by atoms with Crippen molar-refractivity contribution in [1.82, 2.24) is 20.5 Å². The predicted octanol–water partition coefficient (Wildman–Crippen LogP) is 3.48. The molecular formula is C28H35ClN4O6. The van der Waals surface area contributed by atoms with Crippen LogP contribution in [-0.2, 0) is 14.4 Å². The third-order valence-corrected chi connectivity index (χ3v) is 8.96. The first kappa shape index (κ1) is 27.3. The molecule has 1 unspecified atom stereocenters. The van der Waals surface area contributed by atoms with Gasteiger partial charge in [-0.3, -0.25) is 14.4 Å². The van der Waals surface area contributed by atoms with Crippen molar-refractivity contribution >= 4 is 46.2 Å². The summed E-state index contributed by atoms with van der Waals surface area (Å²) in [6, 6.07) is 3.12. The second kappa shape index (κ2) is 11.1. The van der Waals surface area contributed by atoms with Crippen molar-refractivity contribution in [3.05, 3.63) is 28.9 Å². The summed E-state index contributed by atoms with van der Waals surface area (Å²) >= 11 is 6.27. The second-order valence-corrected chi connectivity index (χ2v) is 11.6. The molecule has 11 heteroatoms. The number of carbonyl (C=O) groups excluding carboxylic acids is 3. The number of piperidine rings is 1. The predicted molar refractivity (Wildman–Crippen MR) is 145 cm³/mol. The molecule has 3 atom stereocenters. The van der Waals surface area contributed by atoms with E-state index in [0.717, 1.165) is 38.5 Å². The molecule has 2 aromatic rings. The van der Waals surface area contributed by atoms with Gasteiger partial charge in [0.05, 0.1) is 12.1 Å². The Labute approximate surface area is 231 Å². The fourth-order valence-electron chi connectivity index (χ4n) is 6.63. The lowest BCUT2D eigenvalue weighted by Crippen LogP contribution is -2.52. The van der Waals surface area contributed by atoms with Gasteiger partial charge in [-0.15, -0.1) is 0 Å². The second-order valence-electron chi connectivity index (χ2n) is 11.2. The molecule has 10 nitrogen and oxygen atoms in total. The number of H-pyrrole nitrogens is 1. The minimum atomic E-state index is -1.22. The summed E-state index contributed by atoms with van der Waals surface area (Å²) < 4.78 is 5.44. The van der Waals surface area contributed by atoms with Crippen LogP contribution in [0.3, 0.4) is 0 Å². The Morgan fingerprint density at radius 1 is 1.23 bits per heavy atom. The van der Waals surface area contributed by atoms with Crippen molar-refractivity contribution < 1.29 is 29.0 Å². The van der Waals surface area contributed by atoms with Gasteiger partial charge in [0.2, 0.25) is 11.8 Å². The first-order valence-electron chi connectivity index (χ1n) is 13.7. The number of halogens is 1. The number of benzene rings is 1. The van der Waals surface area contributed by atoms with Crippen molar-refractivity contribution in [3.8, 4) is 5.75 Å². The number of rotatable bonds is 7. The molecule has 0 bridgehead atoms. The highest BCUT2D eigenvalue weighted by molar-refractivity contribution is 6.33. The number of ether oxygens (including phenoxy) is 1. The molecule has 1 aromatic heterocycles. The number of nitrogens with one attached hydrogen (secondary N) is 3. The average molecular weight is 559 g/mol. The standard InChI is InChI=1S/C28H35ClN4O6/c1-39-23-17-13-20(31-19(17)8-7-18(23)29)26(36)33-15-28(9-3-2-4-10-28)14-22(33)25(35)32-21(27(37)38)12-16-6-5-11-30-24(16)34/h7-8,13,16,21-22,31H,2-6,9-12,14-15H2,1H3,(H,30,34)(H,32,35)(H,37,38)/t16-,21-,22?/m0/s1. The van der Waals surface area contributed by atoms with Crippen LogP contribution in [0, 0.1) is 11.3 Å². The molecule has 3 fully saturated rings. The molecule has 5 rings (SSSR count). The van der Waals surface area contributed by atoms with Crippen molar-refractivity contribution in [2.24, 2.45) is 11.3 Å². The zero-order chi connectivity index (χ0) is 27.7. The molecule has 3 aliphatic rings. The number of hydrogen-bond acceptors (Lipinski definition) is 5. The van der Waals surface area contributed by atoms with E-state index in [2.05, 4.69) is 15.6 Å². The summed E-state index contributed by atoms with van der Waals surface area (Å²) in [4.78, 5) is 56.6. The Bertz CT molecular complexity index is 1290. The van der Waals surface area contributed by atoms with Crippen LogP contribution in [-0.4, -0.2) is 71.0 Å². The van der Waals surface area contributed by atoms with Crippen LogP contribution in [0.5, 0.6) is 5.75 Å². The number of aromatic amines is 1. The molecule has 210 valence electrons. The molecule has 2 aliphatic heterocycles. The van der Waals surface area contributed by atoms with Crippen molar-refractivity contribution in [2.75, 3.05) is 20.2 Å². The minimum absolute atomic E-state index is 0.0152. The fourth-order valence-corrected chi connectivity index (χ4v) is 6.87. The Morgan fingerprint density at radius 2 is 2.00 bits per heavy atom. The fraction of sp³-hybridized carbons (Fsp3) is 0.571. The van der Waals surface area contributed by atoms with Crippen molar-refractivity contribution in [2.45, 2.75) is 69.9 Å². The van der Waals surface area contributed by atoms with Gasteiger partial charge in [0.1, 0.15) is 23.5 Å². The van der Waals surface area contributed by atoms with Crippen LogP contribution < -0.4 is 15.4 Å². The maximum absolute atomic E-state index is 13.9. The van der Waals surface area contributed by atoms with E-state index in [-0.39, 0.29) is 23.7 Å². The van der Waals surface area contributed by atoms with Crippen LogP contribution in [0.1, 0.15) is 68.3 Å². The highest BCUT2D eigenvalue weighted by Crippen LogP contribution is 2.47. The smallest absolute Gasteiger partial charge is 0.326 e. The number of carboxylic acids is 1. The summed E-state index contributed by atoms with van der Waals surface area (Å²) in [5.74, 6) is -2.21. The molecule has 3 amide bonds. The highest BCUT2D eigenvalue weighted by Gasteiger charge is 2.49. The van der Waals surface area contributed by atoms with Gasteiger partial charge in [0, 0.05) is 29.9 Å². The third-order valence-electron chi connectivity index (χ3n) is 8.66. The molecule has 1 aliphatic carbocycles. The van der Waals surface area contributed by atoms with E-state index >= 15 is 0 Å². The van der Waals surface area contributed by atoms with Gasteiger partial charge in [0.15, 0.2) is 0 Å². The van der Waals surface area contributed by atoms with Crippen molar-refractivity contribution in [1.29, 1.82) is 0 Å². The number of carboxylic acid groups (broad SMARTS) is 1. The average Bonchev–Trinajstić information content (AvgIpc) is 3.51. The number of nitrogens with zero attached hydrogens (tertiary/aromatic N) is 1. The minimum Gasteiger partial charge on any atom is -0.494 e. The van der Waals surface area contributed by atoms with Crippen LogP contribution in [0.15, 0.2) is 18.2 Å². The number of aliphatic carboxylic acids is 1. The topological polar surface area (TPSA) is 141 Å². The normalized spacial score (nSPS) is 23.4. The lowest BCUT2D eigenvalue weighted by atomic mass is 9.72. The summed E-state index contributed by atoms with van der Waals surface area (Å²) in [7, 11) is 1.51. The van der Waals surface area contributed by atoms with Crippen LogP contribution in [0.2, 0.25) is 5.02 Å².